The summed E-state index contributed by atoms with van der Waals surface area (Å²) >= 11 is 0. The molecule has 1 aliphatic rings. The van der Waals surface area contributed by atoms with Gasteiger partial charge in [-0.1, -0.05) is 12.1 Å². The Morgan fingerprint density at radius 3 is 3.00 bits per heavy atom. The molecule has 4 heteroatoms. The lowest BCUT2D eigenvalue weighted by molar-refractivity contribution is -0.117. The zero-order valence-electron chi connectivity index (χ0n) is 13.1. The average molecular weight is 290 g/mol. The lowest BCUT2D eigenvalue weighted by Crippen LogP contribution is -2.37. The first kappa shape index (κ1) is 16.0. The van der Waals surface area contributed by atoms with Crippen molar-refractivity contribution in [2.24, 2.45) is 0 Å². The summed E-state index contributed by atoms with van der Waals surface area (Å²) in [4.78, 5) is 14.5. The zero-order chi connectivity index (χ0) is 15.2. The minimum atomic E-state index is 0.0552. The standard InChI is InChI=1S/C17H26N2O2/c1-13-6-3-9-16(14(13)2)18-17(21)12-19-10-4-7-15(19)8-5-11-20/h3,6,9,15,20H,4-5,7-8,10-12H2,1-2H3,(H,18,21). The van der Waals surface area contributed by atoms with E-state index in [1.54, 1.807) is 0 Å². The molecule has 1 aromatic rings. The Bertz CT molecular complexity index is 488. The normalized spacial score (nSPS) is 18.9. The summed E-state index contributed by atoms with van der Waals surface area (Å²) in [5.74, 6) is 0.0552. The van der Waals surface area contributed by atoms with Gasteiger partial charge in [0.2, 0.25) is 5.91 Å². The van der Waals surface area contributed by atoms with E-state index in [2.05, 4.69) is 23.2 Å². The van der Waals surface area contributed by atoms with Gasteiger partial charge in [-0.25, -0.2) is 0 Å². The van der Waals surface area contributed by atoms with Gasteiger partial charge in [0.15, 0.2) is 0 Å². The van der Waals surface area contributed by atoms with Crippen molar-refractivity contribution in [3.05, 3.63) is 29.3 Å². The first-order valence-corrected chi connectivity index (χ1v) is 7.83. The molecular formula is C17H26N2O2. The summed E-state index contributed by atoms with van der Waals surface area (Å²) < 4.78 is 0. The van der Waals surface area contributed by atoms with Crippen LogP contribution in [0.1, 0.15) is 36.8 Å². The van der Waals surface area contributed by atoms with Crippen LogP contribution in [0.2, 0.25) is 0 Å². The predicted octanol–water partition coefficient (Wildman–Crippen LogP) is 2.48. The molecule has 0 saturated carbocycles. The highest BCUT2D eigenvalue weighted by Gasteiger charge is 2.25. The van der Waals surface area contributed by atoms with Gasteiger partial charge < -0.3 is 10.4 Å². The van der Waals surface area contributed by atoms with Gasteiger partial charge in [-0.3, -0.25) is 9.69 Å². The molecule has 0 bridgehead atoms. The lowest BCUT2D eigenvalue weighted by atomic mass is 10.1. The van der Waals surface area contributed by atoms with E-state index in [9.17, 15) is 4.79 Å². The number of rotatable bonds is 6. The number of carbonyl (C=O) groups is 1. The van der Waals surface area contributed by atoms with Crippen LogP contribution in [0.5, 0.6) is 0 Å². The summed E-state index contributed by atoms with van der Waals surface area (Å²) in [6.07, 6.45) is 4.08. The van der Waals surface area contributed by atoms with Crippen molar-refractivity contribution in [3.8, 4) is 0 Å². The molecule has 116 valence electrons. The number of nitrogens with one attached hydrogen (secondary N) is 1. The van der Waals surface area contributed by atoms with E-state index in [0.29, 0.717) is 12.6 Å². The number of likely N-dealkylation sites (tertiary alicyclic amines) is 1. The van der Waals surface area contributed by atoms with Crippen molar-refractivity contribution in [3.63, 3.8) is 0 Å². The quantitative estimate of drug-likeness (QED) is 0.846. The largest absolute Gasteiger partial charge is 0.396 e. The summed E-state index contributed by atoms with van der Waals surface area (Å²) in [7, 11) is 0. The van der Waals surface area contributed by atoms with E-state index in [1.807, 2.05) is 19.1 Å². The topological polar surface area (TPSA) is 52.6 Å². The highest BCUT2D eigenvalue weighted by Crippen LogP contribution is 2.22. The minimum Gasteiger partial charge on any atom is -0.396 e. The summed E-state index contributed by atoms with van der Waals surface area (Å²) in [6, 6.07) is 6.42. The maximum atomic E-state index is 12.2. The third kappa shape index (κ3) is 4.29. The van der Waals surface area contributed by atoms with Crippen molar-refractivity contribution in [1.29, 1.82) is 0 Å². The predicted molar refractivity (Wildman–Crippen MR) is 85.5 cm³/mol. The van der Waals surface area contributed by atoms with Crippen LogP contribution in [-0.2, 0) is 4.79 Å². The average Bonchev–Trinajstić information content (AvgIpc) is 2.88. The van der Waals surface area contributed by atoms with Crippen LogP contribution in [0, 0.1) is 13.8 Å². The van der Waals surface area contributed by atoms with E-state index in [4.69, 9.17) is 5.11 Å². The summed E-state index contributed by atoms with van der Waals surface area (Å²) in [5, 5.41) is 12.0. The van der Waals surface area contributed by atoms with Gasteiger partial charge in [0.1, 0.15) is 0 Å². The number of aryl methyl sites for hydroxylation is 1. The second-order valence-corrected chi connectivity index (χ2v) is 5.93. The van der Waals surface area contributed by atoms with Gasteiger partial charge in [0.25, 0.3) is 0 Å². The molecule has 1 fully saturated rings. The van der Waals surface area contributed by atoms with Crippen molar-refractivity contribution in [2.45, 2.75) is 45.6 Å². The molecule has 1 atom stereocenters. The highest BCUT2D eigenvalue weighted by atomic mass is 16.3. The minimum absolute atomic E-state index is 0.0552. The second kappa shape index (κ2) is 7.57. The van der Waals surface area contributed by atoms with Crippen molar-refractivity contribution in [2.75, 3.05) is 25.0 Å². The fourth-order valence-electron chi connectivity index (χ4n) is 3.02. The van der Waals surface area contributed by atoms with Crippen molar-refractivity contribution < 1.29 is 9.90 Å². The number of amides is 1. The third-order valence-corrected chi connectivity index (χ3v) is 4.42. The maximum absolute atomic E-state index is 12.2. The van der Waals surface area contributed by atoms with Crippen LogP contribution in [0.25, 0.3) is 0 Å². The lowest BCUT2D eigenvalue weighted by Gasteiger charge is -2.23. The smallest absolute Gasteiger partial charge is 0.238 e. The van der Waals surface area contributed by atoms with Crippen molar-refractivity contribution in [1.82, 2.24) is 4.90 Å². The molecule has 0 aliphatic carbocycles. The number of nitrogens with zero attached hydrogens (tertiary/aromatic N) is 1. The molecule has 4 nitrogen and oxygen atoms in total. The number of aliphatic hydroxyl groups is 1. The van der Waals surface area contributed by atoms with E-state index >= 15 is 0 Å². The molecule has 1 saturated heterocycles. The molecule has 2 N–H and O–H groups in total. The van der Waals surface area contributed by atoms with Crippen LogP contribution in [-0.4, -0.2) is 41.7 Å². The molecule has 1 unspecified atom stereocenters. The van der Waals surface area contributed by atoms with Gasteiger partial charge in [-0.05, 0) is 63.3 Å². The highest BCUT2D eigenvalue weighted by molar-refractivity contribution is 5.93. The van der Waals surface area contributed by atoms with Gasteiger partial charge in [-0.2, -0.15) is 0 Å². The molecular weight excluding hydrogens is 264 g/mol. The van der Waals surface area contributed by atoms with E-state index in [0.717, 1.165) is 43.5 Å². The molecule has 1 aromatic carbocycles. The molecule has 2 rings (SSSR count). The Balaban J connectivity index is 1.90. The van der Waals surface area contributed by atoms with Crippen molar-refractivity contribution >= 4 is 11.6 Å². The van der Waals surface area contributed by atoms with E-state index in [-0.39, 0.29) is 12.5 Å². The van der Waals surface area contributed by atoms with Crippen LogP contribution in [0.15, 0.2) is 18.2 Å². The maximum Gasteiger partial charge on any atom is 0.238 e. The number of aliphatic hydroxyl groups excluding tert-OH is 1. The fourth-order valence-corrected chi connectivity index (χ4v) is 3.02. The van der Waals surface area contributed by atoms with Gasteiger partial charge >= 0.3 is 0 Å². The summed E-state index contributed by atoms with van der Waals surface area (Å²) in [5.41, 5.74) is 3.23. The molecule has 21 heavy (non-hydrogen) atoms. The Hall–Kier alpha value is -1.39. The Kier molecular flexibility index (Phi) is 5.76. The molecule has 0 radical (unpaired) electrons. The Morgan fingerprint density at radius 1 is 1.43 bits per heavy atom. The van der Waals surface area contributed by atoms with Gasteiger partial charge in [-0.15, -0.1) is 0 Å². The van der Waals surface area contributed by atoms with Gasteiger partial charge in [0.05, 0.1) is 6.54 Å². The molecule has 1 aliphatic heterocycles. The number of benzene rings is 1. The SMILES string of the molecule is Cc1cccc(NC(=O)CN2CCCC2CCCO)c1C. The van der Waals surface area contributed by atoms with Crippen LogP contribution in [0.3, 0.4) is 0 Å². The first-order chi connectivity index (χ1) is 10.1. The van der Waals surface area contributed by atoms with Gasteiger partial charge in [0, 0.05) is 18.3 Å². The molecule has 1 amide bonds. The molecule has 1 heterocycles. The number of hydrogen-bond donors (Lipinski definition) is 2. The first-order valence-electron chi connectivity index (χ1n) is 7.83. The van der Waals surface area contributed by atoms with Crippen LogP contribution in [0.4, 0.5) is 5.69 Å². The zero-order valence-corrected chi connectivity index (χ0v) is 13.1. The van der Waals surface area contributed by atoms with Crippen LogP contribution >= 0.6 is 0 Å². The number of carbonyl (C=O) groups excluding carboxylic acids is 1. The molecule has 0 aromatic heterocycles. The number of hydrogen-bond acceptors (Lipinski definition) is 3. The second-order valence-electron chi connectivity index (χ2n) is 5.93. The Morgan fingerprint density at radius 2 is 2.24 bits per heavy atom. The monoisotopic (exact) mass is 290 g/mol. The van der Waals surface area contributed by atoms with Crippen LogP contribution < -0.4 is 5.32 Å². The third-order valence-electron chi connectivity index (χ3n) is 4.42. The van der Waals surface area contributed by atoms with E-state index in [1.165, 1.54) is 5.56 Å². The number of anilines is 1. The molecule has 0 spiro atoms. The fraction of sp³-hybridized carbons (Fsp3) is 0.588. The van der Waals surface area contributed by atoms with E-state index < -0.39 is 0 Å². The Labute approximate surface area is 127 Å². The summed E-state index contributed by atoms with van der Waals surface area (Å²) in [6.45, 7) is 5.75.